The fourth-order valence-electron chi connectivity index (χ4n) is 1.94. The molecule has 0 aromatic carbocycles. The number of amides is 1. The zero-order valence-electron chi connectivity index (χ0n) is 11.5. The molecular formula is C16H20N3O+. The van der Waals surface area contributed by atoms with Gasteiger partial charge in [-0.25, -0.2) is 4.57 Å². The number of hydrogen-bond acceptors (Lipinski definition) is 2. The van der Waals surface area contributed by atoms with Gasteiger partial charge in [0.05, 0.1) is 12.2 Å². The number of pyridine rings is 2. The maximum absolute atomic E-state index is 11.7. The quantitative estimate of drug-likeness (QED) is 0.616. The number of rotatable bonds is 7. The average molecular weight is 270 g/mol. The van der Waals surface area contributed by atoms with Gasteiger partial charge in [0, 0.05) is 31.2 Å². The van der Waals surface area contributed by atoms with E-state index in [1.165, 1.54) is 0 Å². The van der Waals surface area contributed by atoms with Crippen LogP contribution in [0.5, 0.6) is 0 Å². The van der Waals surface area contributed by atoms with E-state index in [0.717, 1.165) is 25.1 Å². The summed E-state index contributed by atoms with van der Waals surface area (Å²) in [5.41, 5.74) is 0.890. The Morgan fingerprint density at radius 3 is 2.70 bits per heavy atom. The number of aromatic nitrogens is 2. The second-order valence-electron chi connectivity index (χ2n) is 4.67. The summed E-state index contributed by atoms with van der Waals surface area (Å²) in [5.74, 6) is 0.0914. The second-order valence-corrected chi connectivity index (χ2v) is 4.67. The van der Waals surface area contributed by atoms with Crippen molar-refractivity contribution in [1.82, 2.24) is 10.3 Å². The molecule has 0 saturated carbocycles. The van der Waals surface area contributed by atoms with E-state index in [2.05, 4.69) is 14.9 Å². The zero-order chi connectivity index (χ0) is 14.0. The Kier molecular flexibility index (Phi) is 5.71. The third kappa shape index (κ3) is 5.18. The lowest BCUT2D eigenvalue weighted by Gasteiger charge is -2.04. The Balaban J connectivity index is 1.59. The zero-order valence-corrected chi connectivity index (χ0v) is 11.5. The minimum atomic E-state index is 0.0914. The van der Waals surface area contributed by atoms with Crippen molar-refractivity contribution >= 4 is 5.91 Å². The minimum absolute atomic E-state index is 0.0914. The van der Waals surface area contributed by atoms with Crippen molar-refractivity contribution in [3.05, 3.63) is 60.7 Å². The Morgan fingerprint density at radius 1 is 1.10 bits per heavy atom. The molecule has 0 atom stereocenters. The molecule has 0 aliphatic heterocycles. The Labute approximate surface area is 119 Å². The van der Waals surface area contributed by atoms with Crippen LogP contribution in [0.15, 0.2) is 55.0 Å². The van der Waals surface area contributed by atoms with E-state index in [9.17, 15) is 4.79 Å². The molecule has 0 saturated heterocycles. The van der Waals surface area contributed by atoms with Crippen LogP contribution in [0.25, 0.3) is 0 Å². The molecule has 0 aliphatic carbocycles. The maximum Gasteiger partial charge on any atom is 0.220 e. The fourth-order valence-corrected chi connectivity index (χ4v) is 1.94. The van der Waals surface area contributed by atoms with Gasteiger partial charge >= 0.3 is 0 Å². The molecule has 104 valence electrons. The van der Waals surface area contributed by atoms with Crippen LogP contribution in [0.3, 0.4) is 0 Å². The third-order valence-corrected chi connectivity index (χ3v) is 3.04. The molecule has 0 aliphatic rings. The number of unbranched alkanes of at least 4 members (excludes halogenated alkanes) is 1. The van der Waals surface area contributed by atoms with Crippen molar-refractivity contribution in [3.63, 3.8) is 0 Å². The Bertz CT molecular complexity index is 514. The summed E-state index contributed by atoms with van der Waals surface area (Å²) in [6.07, 6.45) is 8.29. The van der Waals surface area contributed by atoms with E-state index in [-0.39, 0.29) is 5.91 Å². The van der Waals surface area contributed by atoms with E-state index >= 15 is 0 Å². The van der Waals surface area contributed by atoms with Crippen LogP contribution in [-0.2, 0) is 17.9 Å². The highest BCUT2D eigenvalue weighted by molar-refractivity contribution is 5.75. The molecule has 1 N–H and O–H groups in total. The molecule has 2 aromatic rings. The van der Waals surface area contributed by atoms with Crippen molar-refractivity contribution in [2.75, 3.05) is 0 Å². The first-order chi connectivity index (χ1) is 9.84. The molecule has 2 heterocycles. The third-order valence-electron chi connectivity index (χ3n) is 3.04. The van der Waals surface area contributed by atoms with E-state index in [4.69, 9.17) is 0 Å². The van der Waals surface area contributed by atoms with Gasteiger partial charge in [-0.1, -0.05) is 12.1 Å². The van der Waals surface area contributed by atoms with Crippen molar-refractivity contribution in [2.24, 2.45) is 0 Å². The van der Waals surface area contributed by atoms with Gasteiger partial charge in [-0.05, 0) is 18.6 Å². The highest BCUT2D eigenvalue weighted by Gasteiger charge is 2.03. The SMILES string of the molecule is O=C(CCCC[n+]1ccccc1)NCc1ccccn1. The average Bonchev–Trinajstić information content (AvgIpc) is 2.52. The predicted octanol–water partition coefficient (Wildman–Crippen LogP) is 1.86. The molecule has 4 nitrogen and oxygen atoms in total. The molecule has 0 spiro atoms. The van der Waals surface area contributed by atoms with Crippen LogP contribution < -0.4 is 9.88 Å². The lowest BCUT2D eigenvalue weighted by atomic mass is 10.2. The summed E-state index contributed by atoms with van der Waals surface area (Å²) >= 11 is 0. The lowest BCUT2D eigenvalue weighted by Crippen LogP contribution is -2.32. The van der Waals surface area contributed by atoms with Crippen LogP contribution in [0.1, 0.15) is 25.0 Å². The Morgan fingerprint density at radius 2 is 1.95 bits per heavy atom. The highest BCUT2D eigenvalue weighted by atomic mass is 16.1. The minimum Gasteiger partial charge on any atom is -0.350 e. The van der Waals surface area contributed by atoms with E-state index in [1.807, 2.05) is 48.8 Å². The first-order valence-electron chi connectivity index (χ1n) is 6.95. The van der Waals surface area contributed by atoms with Crippen LogP contribution in [0.4, 0.5) is 0 Å². The normalized spacial score (nSPS) is 10.2. The van der Waals surface area contributed by atoms with Gasteiger partial charge in [0.2, 0.25) is 5.91 Å². The van der Waals surface area contributed by atoms with Crippen molar-refractivity contribution in [2.45, 2.75) is 32.4 Å². The van der Waals surface area contributed by atoms with Gasteiger partial charge in [-0.3, -0.25) is 9.78 Å². The van der Waals surface area contributed by atoms with E-state index in [1.54, 1.807) is 6.20 Å². The van der Waals surface area contributed by atoms with Crippen LogP contribution >= 0.6 is 0 Å². The summed E-state index contributed by atoms with van der Waals surface area (Å²) in [4.78, 5) is 15.9. The summed E-state index contributed by atoms with van der Waals surface area (Å²) in [6.45, 7) is 1.46. The molecule has 2 rings (SSSR count). The van der Waals surface area contributed by atoms with Gasteiger partial charge < -0.3 is 5.32 Å². The molecular weight excluding hydrogens is 250 g/mol. The Hall–Kier alpha value is -2.23. The molecule has 0 fully saturated rings. The predicted molar refractivity (Wildman–Crippen MR) is 76.6 cm³/mol. The maximum atomic E-state index is 11.7. The molecule has 0 unspecified atom stereocenters. The molecule has 0 radical (unpaired) electrons. The second kappa shape index (κ2) is 8.04. The van der Waals surface area contributed by atoms with Crippen molar-refractivity contribution in [1.29, 1.82) is 0 Å². The molecule has 1 amide bonds. The first-order valence-corrected chi connectivity index (χ1v) is 6.95. The lowest BCUT2D eigenvalue weighted by molar-refractivity contribution is -0.697. The number of hydrogen-bond donors (Lipinski definition) is 1. The number of nitrogens with zero attached hydrogens (tertiary/aromatic N) is 2. The van der Waals surface area contributed by atoms with Gasteiger partial charge in [0.15, 0.2) is 12.4 Å². The monoisotopic (exact) mass is 270 g/mol. The summed E-state index contributed by atoms with van der Waals surface area (Å²) in [6, 6.07) is 11.7. The molecule has 2 aromatic heterocycles. The van der Waals surface area contributed by atoms with E-state index in [0.29, 0.717) is 13.0 Å². The number of aryl methyl sites for hydroxylation is 1. The number of carbonyl (C=O) groups excluding carboxylic acids is 1. The molecule has 20 heavy (non-hydrogen) atoms. The molecule has 0 bridgehead atoms. The summed E-state index contributed by atoms with van der Waals surface area (Å²) < 4.78 is 2.13. The number of carbonyl (C=O) groups is 1. The highest BCUT2D eigenvalue weighted by Crippen LogP contribution is 1.97. The smallest absolute Gasteiger partial charge is 0.220 e. The summed E-state index contributed by atoms with van der Waals surface area (Å²) in [7, 11) is 0. The van der Waals surface area contributed by atoms with Crippen LogP contribution in [-0.4, -0.2) is 10.9 Å². The number of nitrogens with one attached hydrogen (secondary N) is 1. The van der Waals surface area contributed by atoms with Crippen LogP contribution in [0, 0.1) is 0 Å². The standard InChI is InChI=1S/C16H19N3O/c20-16(18-14-15-8-2-4-10-17-15)9-3-7-13-19-11-5-1-6-12-19/h1-2,4-6,8,10-12H,3,7,9,13-14H2/p+1. The largest absolute Gasteiger partial charge is 0.350 e. The molecule has 4 heteroatoms. The van der Waals surface area contributed by atoms with Gasteiger partial charge in [0.25, 0.3) is 0 Å². The first kappa shape index (κ1) is 14.2. The van der Waals surface area contributed by atoms with Gasteiger partial charge in [-0.2, -0.15) is 0 Å². The summed E-state index contributed by atoms with van der Waals surface area (Å²) in [5, 5.41) is 2.89. The van der Waals surface area contributed by atoms with Crippen molar-refractivity contribution in [3.8, 4) is 0 Å². The topological polar surface area (TPSA) is 45.9 Å². The van der Waals surface area contributed by atoms with Gasteiger partial charge in [0.1, 0.15) is 6.54 Å². The van der Waals surface area contributed by atoms with E-state index < -0.39 is 0 Å². The van der Waals surface area contributed by atoms with Crippen molar-refractivity contribution < 1.29 is 9.36 Å². The fraction of sp³-hybridized carbons (Fsp3) is 0.312. The van der Waals surface area contributed by atoms with Crippen LogP contribution in [0.2, 0.25) is 0 Å². The van der Waals surface area contributed by atoms with Gasteiger partial charge in [-0.15, -0.1) is 0 Å².